The Labute approximate surface area is 83.1 Å². The lowest BCUT2D eigenvalue weighted by molar-refractivity contribution is 0.432. The fourth-order valence-electron chi connectivity index (χ4n) is 2.31. The minimum atomic E-state index is 0.640. The average Bonchev–Trinajstić information content (AvgIpc) is 2.77. The minimum Gasteiger partial charge on any atom is -0.330 e. The number of hydrogen-bond acceptors (Lipinski definition) is 1. The fraction of sp³-hybridized carbons (Fsp3) is 1.00. The summed E-state index contributed by atoms with van der Waals surface area (Å²) < 4.78 is 0. The molecule has 1 heteroatoms. The van der Waals surface area contributed by atoms with Gasteiger partial charge in [-0.25, -0.2) is 0 Å². The summed E-state index contributed by atoms with van der Waals surface area (Å²) in [6, 6.07) is 0. The van der Waals surface area contributed by atoms with Crippen molar-refractivity contribution in [1.29, 1.82) is 0 Å². The van der Waals surface area contributed by atoms with Gasteiger partial charge in [0, 0.05) is 0 Å². The van der Waals surface area contributed by atoms with Gasteiger partial charge in [-0.15, -0.1) is 0 Å². The van der Waals surface area contributed by atoms with E-state index in [2.05, 4.69) is 13.8 Å². The zero-order valence-corrected chi connectivity index (χ0v) is 9.31. The summed E-state index contributed by atoms with van der Waals surface area (Å²) in [6.07, 6.45) is 9.85. The molecule has 13 heavy (non-hydrogen) atoms. The topological polar surface area (TPSA) is 26.0 Å². The van der Waals surface area contributed by atoms with Gasteiger partial charge in [-0.05, 0) is 30.7 Å². The van der Waals surface area contributed by atoms with Gasteiger partial charge in [-0.2, -0.15) is 0 Å². The van der Waals surface area contributed by atoms with Crippen LogP contribution in [0.5, 0.6) is 0 Å². The van der Waals surface area contributed by atoms with E-state index in [-0.39, 0.29) is 0 Å². The minimum absolute atomic E-state index is 0.640. The van der Waals surface area contributed by atoms with Gasteiger partial charge >= 0.3 is 0 Å². The van der Waals surface area contributed by atoms with E-state index in [1.165, 1.54) is 44.9 Å². The Balaban J connectivity index is 1.95. The average molecular weight is 183 g/mol. The molecule has 0 heterocycles. The van der Waals surface area contributed by atoms with Crippen LogP contribution < -0.4 is 5.73 Å². The first-order valence-electron chi connectivity index (χ1n) is 5.93. The Kier molecular flexibility index (Phi) is 4.24. The summed E-state index contributed by atoms with van der Waals surface area (Å²) in [6.45, 7) is 5.59. The van der Waals surface area contributed by atoms with Crippen molar-refractivity contribution in [2.45, 2.75) is 58.8 Å². The molecule has 0 aliphatic heterocycles. The molecule has 0 spiro atoms. The van der Waals surface area contributed by atoms with Crippen molar-refractivity contribution in [3.63, 3.8) is 0 Å². The molecule has 0 radical (unpaired) electrons. The molecule has 1 rings (SSSR count). The van der Waals surface area contributed by atoms with Crippen LogP contribution in [0.3, 0.4) is 0 Å². The van der Waals surface area contributed by atoms with E-state index in [9.17, 15) is 0 Å². The molecule has 2 atom stereocenters. The van der Waals surface area contributed by atoms with E-state index >= 15 is 0 Å². The summed E-state index contributed by atoms with van der Waals surface area (Å²) in [5.74, 6) is 0.846. The molecule has 0 aromatic heterocycles. The molecule has 0 amide bonds. The largest absolute Gasteiger partial charge is 0.330 e. The van der Waals surface area contributed by atoms with Gasteiger partial charge in [0.2, 0.25) is 0 Å². The van der Waals surface area contributed by atoms with Crippen LogP contribution in [-0.2, 0) is 0 Å². The van der Waals surface area contributed by atoms with Crippen molar-refractivity contribution in [3.8, 4) is 0 Å². The molecular weight excluding hydrogens is 158 g/mol. The lowest BCUT2D eigenvalue weighted by Crippen LogP contribution is -2.08. The monoisotopic (exact) mass is 183 g/mol. The van der Waals surface area contributed by atoms with E-state index < -0.39 is 0 Å². The summed E-state index contributed by atoms with van der Waals surface area (Å²) in [5, 5.41) is 0. The number of unbranched alkanes of at least 4 members (excludes halogenated alkanes) is 4. The quantitative estimate of drug-likeness (QED) is 0.602. The molecule has 1 saturated carbocycles. The van der Waals surface area contributed by atoms with Crippen molar-refractivity contribution in [1.82, 2.24) is 0 Å². The van der Waals surface area contributed by atoms with E-state index in [4.69, 9.17) is 5.73 Å². The summed E-state index contributed by atoms with van der Waals surface area (Å²) in [5.41, 5.74) is 6.30. The Morgan fingerprint density at radius 3 is 2.46 bits per heavy atom. The molecule has 1 aliphatic rings. The van der Waals surface area contributed by atoms with Gasteiger partial charge in [-0.1, -0.05) is 46.0 Å². The Bertz CT molecular complexity index is 144. The second-order valence-corrected chi connectivity index (χ2v) is 4.95. The third-order valence-corrected chi connectivity index (χ3v) is 3.67. The van der Waals surface area contributed by atoms with Crippen LogP contribution in [0.4, 0.5) is 0 Å². The fourth-order valence-corrected chi connectivity index (χ4v) is 2.31. The Hall–Kier alpha value is -0.0400. The Morgan fingerprint density at radius 2 is 1.92 bits per heavy atom. The molecule has 0 aromatic carbocycles. The first-order chi connectivity index (χ1) is 6.23. The van der Waals surface area contributed by atoms with Crippen LogP contribution in [0.15, 0.2) is 0 Å². The first-order valence-corrected chi connectivity index (χ1v) is 5.93. The van der Waals surface area contributed by atoms with Crippen LogP contribution >= 0.6 is 0 Å². The summed E-state index contributed by atoms with van der Waals surface area (Å²) in [4.78, 5) is 0. The van der Waals surface area contributed by atoms with E-state index in [0.717, 1.165) is 12.5 Å². The molecule has 78 valence electrons. The van der Waals surface area contributed by atoms with Crippen molar-refractivity contribution >= 4 is 0 Å². The maximum Gasteiger partial charge on any atom is -0.00434 e. The summed E-state index contributed by atoms with van der Waals surface area (Å²) in [7, 11) is 0. The molecule has 0 saturated heterocycles. The lowest BCUT2D eigenvalue weighted by atomic mass is 9.97. The normalized spacial score (nSPS) is 32.1. The molecular formula is C12H25N. The number of rotatable bonds is 7. The van der Waals surface area contributed by atoms with Gasteiger partial charge < -0.3 is 5.73 Å². The predicted molar refractivity (Wildman–Crippen MR) is 58.6 cm³/mol. The highest BCUT2D eigenvalue weighted by Crippen LogP contribution is 2.54. The van der Waals surface area contributed by atoms with Crippen molar-refractivity contribution in [2.75, 3.05) is 6.54 Å². The SMILES string of the molecule is CCCCCCCC1(C)CC1CN. The smallest absolute Gasteiger partial charge is 0.00434 e. The third-order valence-electron chi connectivity index (χ3n) is 3.67. The van der Waals surface area contributed by atoms with E-state index in [1.807, 2.05) is 0 Å². The molecule has 2 unspecified atom stereocenters. The van der Waals surface area contributed by atoms with Crippen molar-refractivity contribution in [2.24, 2.45) is 17.1 Å². The highest BCUT2D eigenvalue weighted by Gasteiger charge is 2.47. The first kappa shape index (κ1) is 11.0. The van der Waals surface area contributed by atoms with Gasteiger partial charge in [0.05, 0.1) is 0 Å². The zero-order valence-electron chi connectivity index (χ0n) is 9.31. The molecule has 0 aromatic rings. The third kappa shape index (κ3) is 3.30. The standard InChI is InChI=1S/C12H25N/c1-3-4-5-6-7-8-12(2)9-11(12)10-13/h11H,3-10,13H2,1-2H3. The lowest BCUT2D eigenvalue weighted by Gasteiger charge is -2.09. The maximum absolute atomic E-state index is 5.66. The summed E-state index contributed by atoms with van der Waals surface area (Å²) >= 11 is 0. The van der Waals surface area contributed by atoms with Gasteiger partial charge in [0.1, 0.15) is 0 Å². The van der Waals surface area contributed by atoms with Crippen molar-refractivity contribution < 1.29 is 0 Å². The van der Waals surface area contributed by atoms with Gasteiger partial charge in [0.15, 0.2) is 0 Å². The Morgan fingerprint density at radius 1 is 1.23 bits per heavy atom. The van der Waals surface area contributed by atoms with Crippen LogP contribution in [-0.4, -0.2) is 6.54 Å². The predicted octanol–water partition coefficient (Wildman–Crippen LogP) is 3.33. The highest BCUT2D eigenvalue weighted by molar-refractivity contribution is 4.98. The highest BCUT2D eigenvalue weighted by atomic mass is 14.7. The van der Waals surface area contributed by atoms with Crippen LogP contribution in [0.1, 0.15) is 58.8 Å². The van der Waals surface area contributed by atoms with Crippen LogP contribution in [0.2, 0.25) is 0 Å². The maximum atomic E-state index is 5.66. The van der Waals surface area contributed by atoms with Gasteiger partial charge in [-0.3, -0.25) is 0 Å². The molecule has 1 fully saturated rings. The van der Waals surface area contributed by atoms with E-state index in [0.29, 0.717) is 5.41 Å². The van der Waals surface area contributed by atoms with E-state index in [1.54, 1.807) is 0 Å². The molecule has 0 bridgehead atoms. The second kappa shape index (κ2) is 4.99. The molecule has 1 aliphatic carbocycles. The molecule has 2 N–H and O–H groups in total. The number of hydrogen-bond donors (Lipinski definition) is 1. The molecule has 1 nitrogen and oxygen atoms in total. The zero-order chi connectivity index (χ0) is 9.73. The number of nitrogens with two attached hydrogens (primary N) is 1. The van der Waals surface area contributed by atoms with Gasteiger partial charge in [0.25, 0.3) is 0 Å². The van der Waals surface area contributed by atoms with Crippen LogP contribution in [0.25, 0.3) is 0 Å². The second-order valence-electron chi connectivity index (χ2n) is 4.95. The van der Waals surface area contributed by atoms with Crippen molar-refractivity contribution in [3.05, 3.63) is 0 Å². The van der Waals surface area contributed by atoms with Crippen LogP contribution in [0, 0.1) is 11.3 Å².